The van der Waals surface area contributed by atoms with Crippen LogP contribution in [0.3, 0.4) is 0 Å². The SMILES string of the molecule is CCCN(CCC)C(C)(C(N)=O)[C@H](CC1CCCCC1)C(=O)NCc1ccc(N)nc1. The van der Waals surface area contributed by atoms with Crippen LogP contribution in [0.4, 0.5) is 5.82 Å². The molecular formula is C24H41N5O2. The number of hydrogen-bond donors (Lipinski definition) is 3. The lowest BCUT2D eigenvalue weighted by Crippen LogP contribution is -2.63. The van der Waals surface area contributed by atoms with Gasteiger partial charge in [-0.3, -0.25) is 14.5 Å². The summed E-state index contributed by atoms with van der Waals surface area (Å²) in [5.74, 6) is -0.124. The molecule has 2 atom stereocenters. The molecule has 1 saturated carbocycles. The van der Waals surface area contributed by atoms with E-state index in [9.17, 15) is 9.59 Å². The number of amides is 2. The Balaban J connectivity index is 2.29. The number of aromatic nitrogens is 1. The zero-order valence-electron chi connectivity index (χ0n) is 19.5. The molecule has 0 saturated heterocycles. The highest BCUT2D eigenvalue weighted by molar-refractivity contribution is 5.92. The Morgan fingerprint density at radius 1 is 1.19 bits per heavy atom. The molecule has 31 heavy (non-hydrogen) atoms. The number of hydrogen-bond acceptors (Lipinski definition) is 5. The normalized spacial score (nSPS) is 17.8. The van der Waals surface area contributed by atoms with Gasteiger partial charge in [-0.1, -0.05) is 52.0 Å². The van der Waals surface area contributed by atoms with E-state index in [4.69, 9.17) is 11.5 Å². The van der Waals surface area contributed by atoms with E-state index in [1.165, 1.54) is 19.3 Å². The van der Waals surface area contributed by atoms with Gasteiger partial charge in [0.05, 0.1) is 5.92 Å². The minimum atomic E-state index is -1.02. The standard InChI is InChI=1S/C24H41N5O2/c1-4-13-29(14-5-2)24(3,23(26)31)20(15-18-9-7-6-8-10-18)22(30)28-17-19-11-12-21(25)27-16-19/h11-12,16,18,20H,4-10,13-15,17H2,1-3H3,(H2,25,27)(H2,26,31)(H,28,30)/t20-,24?/m1/s1. The number of nitrogens with zero attached hydrogens (tertiary/aromatic N) is 2. The molecule has 0 bridgehead atoms. The van der Waals surface area contributed by atoms with Crippen LogP contribution in [0.2, 0.25) is 0 Å². The second-order valence-electron chi connectivity index (χ2n) is 9.10. The van der Waals surface area contributed by atoms with Gasteiger partial charge >= 0.3 is 0 Å². The van der Waals surface area contributed by atoms with Crippen molar-refractivity contribution in [3.63, 3.8) is 0 Å². The summed E-state index contributed by atoms with van der Waals surface area (Å²) in [6.45, 7) is 7.89. The van der Waals surface area contributed by atoms with Crippen molar-refractivity contribution < 1.29 is 9.59 Å². The molecule has 0 radical (unpaired) electrons. The number of nitrogens with one attached hydrogen (secondary N) is 1. The first-order chi connectivity index (χ1) is 14.8. The molecule has 1 aromatic rings. The molecule has 2 amide bonds. The molecule has 1 aromatic heterocycles. The number of nitrogens with two attached hydrogens (primary N) is 2. The second kappa shape index (κ2) is 12.0. The lowest BCUT2D eigenvalue weighted by atomic mass is 9.73. The van der Waals surface area contributed by atoms with Gasteiger partial charge < -0.3 is 16.8 Å². The lowest BCUT2D eigenvalue weighted by Gasteiger charge is -2.44. The molecule has 174 valence electrons. The molecule has 7 heteroatoms. The fraction of sp³-hybridized carbons (Fsp3) is 0.708. The molecule has 0 spiro atoms. The first-order valence-corrected chi connectivity index (χ1v) is 11.9. The van der Waals surface area contributed by atoms with Crippen LogP contribution in [0.1, 0.15) is 77.7 Å². The Labute approximate surface area is 187 Å². The van der Waals surface area contributed by atoms with E-state index in [-0.39, 0.29) is 5.91 Å². The molecular weight excluding hydrogens is 390 g/mol. The van der Waals surface area contributed by atoms with Gasteiger partial charge in [0.25, 0.3) is 0 Å². The number of anilines is 1. The van der Waals surface area contributed by atoms with E-state index >= 15 is 0 Å². The van der Waals surface area contributed by atoms with E-state index in [1.807, 2.05) is 13.0 Å². The Hall–Kier alpha value is -2.15. The quantitative estimate of drug-likeness (QED) is 0.470. The van der Waals surface area contributed by atoms with Crippen LogP contribution in [0.25, 0.3) is 0 Å². The van der Waals surface area contributed by atoms with Gasteiger partial charge in [0.2, 0.25) is 11.8 Å². The maximum atomic E-state index is 13.5. The molecule has 1 aliphatic carbocycles. The van der Waals surface area contributed by atoms with Gasteiger partial charge in [0, 0.05) is 12.7 Å². The summed E-state index contributed by atoms with van der Waals surface area (Å²) in [4.78, 5) is 32.6. The van der Waals surface area contributed by atoms with Gasteiger partial charge in [0.15, 0.2) is 0 Å². The minimum Gasteiger partial charge on any atom is -0.384 e. The van der Waals surface area contributed by atoms with Crippen molar-refractivity contribution in [1.82, 2.24) is 15.2 Å². The van der Waals surface area contributed by atoms with Crippen LogP contribution in [-0.4, -0.2) is 40.3 Å². The summed E-state index contributed by atoms with van der Waals surface area (Å²) >= 11 is 0. The molecule has 1 unspecified atom stereocenters. The number of pyridine rings is 1. The van der Waals surface area contributed by atoms with Crippen LogP contribution in [0.15, 0.2) is 18.3 Å². The summed E-state index contributed by atoms with van der Waals surface area (Å²) in [5.41, 5.74) is 11.5. The first kappa shape index (κ1) is 25.1. The van der Waals surface area contributed by atoms with E-state index in [0.29, 0.717) is 24.7 Å². The Kier molecular flexibility index (Phi) is 9.75. The third kappa shape index (κ3) is 6.66. The highest BCUT2D eigenvalue weighted by Crippen LogP contribution is 2.36. The molecule has 0 aromatic carbocycles. The molecule has 1 heterocycles. The molecule has 1 aliphatic rings. The lowest BCUT2D eigenvalue weighted by molar-refractivity contribution is -0.144. The largest absolute Gasteiger partial charge is 0.384 e. The monoisotopic (exact) mass is 431 g/mol. The average molecular weight is 432 g/mol. The average Bonchev–Trinajstić information content (AvgIpc) is 2.77. The van der Waals surface area contributed by atoms with Crippen molar-refractivity contribution in [2.24, 2.45) is 17.6 Å². The maximum Gasteiger partial charge on any atom is 0.238 e. The van der Waals surface area contributed by atoms with E-state index in [1.54, 1.807) is 12.3 Å². The Bertz CT molecular complexity index is 696. The third-order valence-electron chi connectivity index (χ3n) is 6.75. The summed E-state index contributed by atoms with van der Waals surface area (Å²) in [6.07, 6.45) is 10.0. The van der Waals surface area contributed by atoms with Gasteiger partial charge in [-0.15, -0.1) is 0 Å². The number of carbonyl (C=O) groups is 2. The predicted molar refractivity (Wildman–Crippen MR) is 125 cm³/mol. The summed E-state index contributed by atoms with van der Waals surface area (Å²) < 4.78 is 0. The van der Waals surface area contributed by atoms with Crippen molar-refractivity contribution in [2.75, 3.05) is 18.8 Å². The number of primary amides is 1. The minimum absolute atomic E-state index is 0.110. The van der Waals surface area contributed by atoms with E-state index < -0.39 is 17.4 Å². The van der Waals surface area contributed by atoms with Crippen LogP contribution in [0, 0.1) is 11.8 Å². The second-order valence-corrected chi connectivity index (χ2v) is 9.10. The van der Waals surface area contributed by atoms with Gasteiger partial charge in [-0.05, 0) is 56.8 Å². The molecule has 0 aliphatic heterocycles. The summed E-state index contributed by atoms with van der Waals surface area (Å²) in [6, 6.07) is 3.57. The van der Waals surface area contributed by atoms with Crippen LogP contribution < -0.4 is 16.8 Å². The molecule has 2 rings (SSSR count). The molecule has 7 nitrogen and oxygen atoms in total. The van der Waals surface area contributed by atoms with Crippen LogP contribution in [0.5, 0.6) is 0 Å². The van der Waals surface area contributed by atoms with Crippen LogP contribution in [-0.2, 0) is 16.1 Å². The van der Waals surface area contributed by atoms with Crippen molar-refractivity contribution in [1.29, 1.82) is 0 Å². The zero-order valence-corrected chi connectivity index (χ0v) is 19.5. The zero-order chi connectivity index (χ0) is 22.9. The smallest absolute Gasteiger partial charge is 0.238 e. The fourth-order valence-electron chi connectivity index (χ4n) is 4.86. The summed E-state index contributed by atoms with van der Waals surface area (Å²) in [5, 5.41) is 3.05. The van der Waals surface area contributed by atoms with Gasteiger partial charge in [-0.25, -0.2) is 4.98 Å². The van der Waals surface area contributed by atoms with Gasteiger partial charge in [-0.2, -0.15) is 0 Å². The highest BCUT2D eigenvalue weighted by atomic mass is 16.2. The van der Waals surface area contributed by atoms with Crippen LogP contribution >= 0.6 is 0 Å². The maximum absolute atomic E-state index is 13.5. The molecule has 1 fully saturated rings. The number of carbonyl (C=O) groups excluding carboxylic acids is 2. The van der Waals surface area contributed by atoms with Crippen molar-refractivity contribution in [2.45, 2.75) is 84.2 Å². The van der Waals surface area contributed by atoms with E-state index in [0.717, 1.165) is 44.3 Å². The molecule has 5 N–H and O–H groups in total. The Morgan fingerprint density at radius 3 is 2.35 bits per heavy atom. The van der Waals surface area contributed by atoms with Gasteiger partial charge in [0.1, 0.15) is 11.4 Å². The highest BCUT2D eigenvalue weighted by Gasteiger charge is 2.48. The topological polar surface area (TPSA) is 114 Å². The first-order valence-electron chi connectivity index (χ1n) is 11.9. The predicted octanol–water partition coefficient (Wildman–Crippen LogP) is 3.23. The number of nitrogen functional groups attached to an aromatic ring is 1. The fourth-order valence-corrected chi connectivity index (χ4v) is 4.86. The Morgan fingerprint density at radius 2 is 1.84 bits per heavy atom. The summed E-state index contributed by atoms with van der Waals surface area (Å²) in [7, 11) is 0. The number of rotatable bonds is 12. The third-order valence-corrected chi connectivity index (χ3v) is 6.75. The van der Waals surface area contributed by atoms with Crippen molar-refractivity contribution in [3.8, 4) is 0 Å². The van der Waals surface area contributed by atoms with Crippen molar-refractivity contribution >= 4 is 17.6 Å². The van der Waals surface area contributed by atoms with Crippen molar-refractivity contribution in [3.05, 3.63) is 23.9 Å². The van der Waals surface area contributed by atoms with E-state index in [2.05, 4.69) is 29.0 Å².